The minimum Gasteiger partial charge on any atom is -0.508 e. The molecular formula is C13H10ClNO4. The van der Waals surface area contributed by atoms with Gasteiger partial charge in [0.1, 0.15) is 23.1 Å². The standard InChI is InChI=1S/C13H10ClNO4/c14-12-7-11(4-5-13(12)15(17)18)19-8-9-2-1-3-10(16)6-9/h1-7,16H,8H2. The minimum absolute atomic E-state index is 0.0263. The lowest BCUT2D eigenvalue weighted by Gasteiger charge is -2.07. The highest BCUT2D eigenvalue weighted by atomic mass is 35.5. The predicted molar refractivity (Wildman–Crippen MR) is 70.5 cm³/mol. The highest BCUT2D eigenvalue weighted by Crippen LogP contribution is 2.28. The van der Waals surface area contributed by atoms with Crippen molar-refractivity contribution in [3.63, 3.8) is 0 Å². The first-order valence-corrected chi connectivity index (χ1v) is 5.79. The normalized spacial score (nSPS) is 10.2. The number of benzene rings is 2. The van der Waals surface area contributed by atoms with Gasteiger partial charge in [-0.15, -0.1) is 0 Å². The van der Waals surface area contributed by atoms with Gasteiger partial charge in [0, 0.05) is 12.1 Å². The molecule has 0 bridgehead atoms. The van der Waals surface area contributed by atoms with Gasteiger partial charge in [-0.1, -0.05) is 23.7 Å². The average Bonchev–Trinajstić information content (AvgIpc) is 2.36. The molecule has 0 aliphatic heterocycles. The molecule has 0 atom stereocenters. The molecule has 6 heteroatoms. The molecule has 0 aromatic heterocycles. The number of nitrogens with zero attached hydrogens (tertiary/aromatic N) is 1. The zero-order valence-corrected chi connectivity index (χ0v) is 10.5. The molecule has 98 valence electrons. The highest BCUT2D eigenvalue weighted by molar-refractivity contribution is 6.32. The predicted octanol–water partition coefficient (Wildman–Crippen LogP) is 3.53. The molecule has 0 radical (unpaired) electrons. The van der Waals surface area contributed by atoms with E-state index in [0.29, 0.717) is 5.75 Å². The lowest BCUT2D eigenvalue weighted by Crippen LogP contribution is -1.96. The second-order valence-corrected chi connectivity index (χ2v) is 4.24. The van der Waals surface area contributed by atoms with E-state index in [-0.39, 0.29) is 23.1 Å². The summed E-state index contributed by atoms with van der Waals surface area (Å²) in [7, 11) is 0. The number of rotatable bonds is 4. The smallest absolute Gasteiger partial charge is 0.288 e. The van der Waals surface area contributed by atoms with Crippen molar-refractivity contribution in [1.29, 1.82) is 0 Å². The van der Waals surface area contributed by atoms with Crippen LogP contribution in [0, 0.1) is 10.1 Å². The van der Waals surface area contributed by atoms with Crippen LogP contribution >= 0.6 is 11.6 Å². The van der Waals surface area contributed by atoms with Crippen LogP contribution in [0.5, 0.6) is 11.5 Å². The quantitative estimate of drug-likeness (QED) is 0.686. The highest BCUT2D eigenvalue weighted by Gasteiger charge is 2.12. The summed E-state index contributed by atoms with van der Waals surface area (Å²) < 4.78 is 5.44. The second-order valence-electron chi connectivity index (χ2n) is 3.83. The third kappa shape index (κ3) is 3.35. The molecule has 19 heavy (non-hydrogen) atoms. The molecule has 1 N–H and O–H groups in total. The molecule has 0 heterocycles. The molecule has 2 aromatic carbocycles. The number of phenolic OH excluding ortho intramolecular Hbond substituents is 1. The van der Waals surface area contributed by atoms with Crippen LogP contribution in [0.4, 0.5) is 5.69 Å². The molecule has 2 aromatic rings. The lowest BCUT2D eigenvalue weighted by atomic mass is 10.2. The fourth-order valence-corrected chi connectivity index (χ4v) is 1.78. The first kappa shape index (κ1) is 13.2. The van der Waals surface area contributed by atoms with E-state index in [1.54, 1.807) is 24.3 Å². The van der Waals surface area contributed by atoms with Gasteiger partial charge < -0.3 is 9.84 Å². The summed E-state index contributed by atoms with van der Waals surface area (Å²) in [5.41, 5.74) is 0.626. The van der Waals surface area contributed by atoms with Gasteiger partial charge in [-0.2, -0.15) is 0 Å². The summed E-state index contributed by atoms with van der Waals surface area (Å²) in [6.45, 7) is 0.239. The van der Waals surface area contributed by atoms with Crippen LogP contribution in [-0.4, -0.2) is 10.0 Å². The molecule has 0 fully saturated rings. The van der Waals surface area contributed by atoms with E-state index < -0.39 is 4.92 Å². The van der Waals surface area contributed by atoms with E-state index >= 15 is 0 Å². The van der Waals surface area contributed by atoms with Crippen molar-refractivity contribution in [3.05, 3.63) is 63.2 Å². The van der Waals surface area contributed by atoms with Crippen molar-refractivity contribution in [3.8, 4) is 11.5 Å². The minimum atomic E-state index is -0.554. The van der Waals surface area contributed by atoms with Crippen molar-refractivity contribution in [2.24, 2.45) is 0 Å². The molecule has 0 saturated carbocycles. The Kier molecular flexibility index (Phi) is 3.87. The molecule has 0 amide bonds. The Bertz CT molecular complexity index is 615. The summed E-state index contributed by atoms with van der Waals surface area (Å²) in [6, 6.07) is 10.8. The molecule has 0 aliphatic rings. The van der Waals surface area contributed by atoms with Gasteiger partial charge in [0.2, 0.25) is 0 Å². The molecule has 0 spiro atoms. The monoisotopic (exact) mass is 279 g/mol. The van der Waals surface area contributed by atoms with Crippen molar-refractivity contribution in [2.45, 2.75) is 6.61 Å². The van der Waals surface area contributed by atoms with Crippen LogP contribution in [0.2, 0.25) is 5.02 Å². The van der Waals surface area contributed by atoms with Crippen molar-refractivity contribution in [2.75, 3.05) is 0 Å². The molecule has 0 unspecified atom stereocenters. The molecule has 2 rings (SSSR count). The maximum absolute atomic E-state index is 10.6. The van der Waals surface area contributed by atoms with Gasteiger partial charge in [0.25, 0.3) is 5.69 Å². The Hall–Kier alpha value is -2.27. The van der Waals surface area contributed by atoms with E-state index in [1.807, 2.05) is 0 Å². The summed E-state index contributed by atoms with van der Waals surface area (Å²) in [4.78, 5) is 10.0. The van der Waals surface area contributed by atoms with E-state index in [4.69, 9.17) is 16.3 Å². The zero-order valence-electron chi connectivity index (χ0n) is 9.75. The maximum atomic E-state index is 10.6. The van der Waals surface area contributed by atoms with Gasteiger partial charge in [0.05, 0.1) is 4.92 Å². The van der Waals surface area contributed by atoms with Crippen molar-refractivity contribution >= 4 is 17.3 Å². The number of halogens is 1. The summed E-state index contributed by atoms with van der Waals surface area (Å²) in [5.74, 6) is 0.585. The number of ether oxygens (including phenoxy) is 1. The van der Waals surface area contributed by atoms with E-state index in [0.717, 1.165) is 5.56 Å². The Labute approximate surface area is 114 Å². The lowest BCUT2D eigenvalue weighted by molar-refractivity contribution is -0.384. The molecule has 0 aliphatic carbocycles. The van der Waals surface area contributed by atoms with Gasteiger partial charge in [0.15, 0.2) is 0 Å². The Morgan fingerprint density at radius 1 is 1.26 bits per heavy atom. The fourth-order valence-electron chi connectivity index (χ4n) is 1.54. The first-order chi connectivity index (χ1) is 9.06. The maximum Gasteiger partial charge on any atom is 0.288 e. The SMILES string of the molecule is O=[N+]([O-])c1ccc(OCc2cccc(O)c2)cc1Cl. The number of nitro benzene ring substituents is 1. The van der Waals surface area contributed by atoms with Crippen LogP contribution in [-0.2, 0) is 6.61 Å². The van der Waals surface area contributed by atoms with Crippen LogP contribution < -0.4 is 4.74 Å². The third-order valence-electron chi connectivity index (χ3n) is 2.43. The van der Waals surface area contributed by atoms with E-state index in [9.17, 15) is 15.2 Å². The number of aromatic hydroxyl groups is 1. The van der Waals surface area contributed by atoms with Crippen LogP contribution in [0.25, 0.3) is 0 Å². The number of phenols is 1. The Morgan fingerprint density at radius 3 is 2.68 bits per heavy atom. The average molecular weight is 280 g/mol. The van der Waals surface area contributed by atoms with E-state index in [2.05, 4.69) is 0 Å². The van der Waals surface area contributed by atoms with Crippen molar-refractivity contribution < 1.29 is 14.8 Å². The molecular weight excluding hydrogens is 270 g/mol. The Morgan fingerprint density at radius 2 is 2.05 bits per heavy atom. The zero-order chi connectivity index (χ0) is 13.8. The van der Waals surface area contributed by atoms with Crippen LogP contribution in [0.15, 0.2) is 42.5 Å². The topological polar surface area (TPSA) is 72.6 Å². The van der Waals surface area contributed by atoms with Crippen LogP contribution in [0.3, 0.4) is 0 Å². The number of nitro groups is 1. The third-order valence-corrected chi connectivity index (χ3v) is 2.73. The van der Waals surface area contributed by atoms with E-state index in [1.165, 1.54) is 18.2 Å². The van der Waals surface area contributed by atoms with Gasteiger partial charge in [-0.25, -0.2) is 0 Å². The summed E-state index contributed by atoms with van der Waals surface area (Å²) in [5, 5.41) is 19.9. The Balaban J connectivity index is 2.08. The largest absolute Gasteiger partial charge is 0.508 e. The molecule has 0 saturated heterocycles. The number of hydrogen-bond acceptors (Lipinski definition) is 4. The number of hydrogen-bond donors (Lipinski definition) is 1. The first-order valence-electron chi connectivity index (χ1n) is 5.41. The van der Waals surface area contributed by atoms with Gasteiger partial charge >= 0.3 is 0 Å². The second kappa shape index (κ2) is 5.58. The summed E-state index contributed by atoms with van der Waals surface area (Å²) >= 11 is 5.77. The molecule has 5 nitrogen and oxygen atoms in total. The van der Waals surface area contributed by atoms with Gasteiger partial charge in [-0.05, 0) is 23.8 Å². The fraction of sp³-hybridized carbons (Fsp3) is 0.0769. The van der Waals surface area contributed by atoms with Gasteiger partial charge in [-0.3, -0.25) is 10.1 Å². The van der Waals surface area contributed by atoms with Crippen molar-refractivity contribution in [1.82, 2.24) is 0 Å². The summed E-state index contributed by atoms with van der Waals surface area (Å²) in [6.07, 6.45) is 0. The van der Waals surface area contributed by atoms with Crippen LogP contribution in [0.1, 0.15) is 5.56 Å².